The summed E-state index contributed by atoms with van der Waals surface area (Å²) in [5.74, 6) is -3.24. The Kier molecular flexibility index (Phi) is 7.57. The van der Waals surface area contributed by atoms with Crippen LogP contribution in [0.2, 0.25) is 5.02 Å². The summed E-state index contributed by atoms with van der Waals surface area (Å²) in [5.41, 5.74) is -1.37. The van der Waals surface area contributed by atoms with E-state index in [-0.39, 0.29) is 23.0 Å². The van der Waals surface area contributed by atoms with Crippen molar-refractivity contribution in [3.05, 3.63) is 64.4 Å². The van der Waals surface area contributed by atoms with Crippen molar-refractivity contribution in [3.63, 3.8) is 0 Å². The first-order chi connectivity index (χ1) is 15.5. The molecule has 1 N–H and O–H groups in total. The highest BCUT2D eigenvalue weighted by Gasteiger charge is 2.34. The topological polar surface area (TPSA) is 75.7 Å². The van der Waals surface area contributed by atoms with Gasteiger partial charge < -0.3 is 15.0 Å². The predicted molar refractivity (Wildman–Crippen MR) is 111 cm³/mol. The van der Waals surface area contributed by atoms with Gasteiger partial charge in [0.2, 0.25) is 0 Å². The minimum absolute atomic E-state index is 0.0477. The maximum atomic E-state index is 13.1. The summed E-state index contributed by atoms with van der Waals surface area (Å²) in [6.07, 6.45) is -3.81. The number of nitrogens with zero attached hydrogens (tertiary/aromatic N) is 1. The number of nitrogens with one attached hydrogen (secondary N) is 1. The average molecular weight is 487 g/mol. The Balaban J connectivity index is 1.56. The summed E-state index contributed by atoms with van der Waals surface area (Å²) in [7, 11) is 0. The lowest BCUT2D eigenvalue weighted by molar-refractivity contribution is -0.153. The molecule has 1 aliphatic heterocycles. The zero-order valence-corrected chi connectivity index (χ0v) is 17.9. The quantitative estimate of drug-likeness (QED) is 0.497. The standard InChI is InChI=1S/C22H19ClF4N2O4/c23-15-5-8-18(17(10-15)22(25,26)27)28-19(30)12-33-21(32)14-2-1-9-29(11-14)20(31)13-3-6-16(24)7-4-13/h3-8,10,14H,1-2,9,11-12H2,(H,28,30). The van der Waals surface area contributed by atoms with Gasteiger partial charge in [-0.2, -0.15) is 13.2 Å². The smallest absolute Gasteiger partial charge is 0.418 e. The summed E-state index contributed by atoms with van der Waals surface area (Å²) in [4.78, 5) is 38.5. The van der Waals surface area contributed by atoms with Crippen LogP contribution in [0.1, 0.15) is 28.8 Å². The summed E-state index contributed by atoms with van der Waals surface area (Å²) < 4.78 is 57.4. The van der Waals surface area contributed by atoms with Gasteiger partial charge in [0.05, 0.1) is 17.2 Å². The minimum atomic E-state index is -4.74. The van der Waals surface area contributed by atoms with E-state index in [0.717, 1.165) is 18.2 Å². The first-order valence-electron chi connectivity index (χ1n) is 9.92. The van der Waals surface area contributed by atoms with Gasteiger partial charge in [-0.25, -0.2) is 4.39 Å². The van der Waals surface area contributed by atoms with Gasteiger partial charge in [0.15, 0.2) is 6.61 Å². The number of carbonyl (C=O) groups is 3. The van der Waals surface area contributed by atoms with Crippen LogP contribution in [0, 0.1) is 11.7 Å². The average Bonchev–Trinajstić information content (AvgIpc) is 2.78. The molecule has 0 spiro atoms. The SMILES string of the molecule is O=C(COC(=O)C1CCCN(C(=O)c2ccc(F)cc2)C1)Nc1ccc(Cl)cc1C(F)(F)F. The Morgan fingerprint density at radius 2 is 1.82 bits per heavy atom. The second kappa shape index (κ2) is 10.2. The van der Waals surface area contributed by atoms with Gasteiger partial charge >= 0.3 is 12.1 Å². The number of anilines is 1. The lowest BCUT2D eigenvalue weighted by atomic mass is 9.97. The van der Waals surface area contributed by atoms with Crippen LogP contribution in [0.4, 0.5) is 23.2 Å². The maximum absolute atomic E-state index is 13.1. The van der Waals surface area contributed by atoms with Crippen LogP contribution in [0.15, 0.2) is 42.5 Å². The summed E-state index contributed by atoms with van der Waals surface area (Å²) in [6.45, 7) is -0.343. The Bertz CT molecular complexity index is 1040. The minimum Gasteiger partial charge on any atom is -0.455 e. The molecule has 0 saturated carbocycles. The van der Waals surface area contributed by atoms with E-state index in [0.29, 0.717) is 25.5 Å². The van der Waals surface area contributed by atoms with E-state index in [2.05, 4.69) is 5.32 Å². The molecule has 2 aromatic carbocycles. The number of rotatable bonds is 5. The number of carbonyl (C=O) groups excluding carboxylic acids is 3. The van der Waals surface area contributed by atoms with Crippen molar-refractivity contribution in [1.82, 2.24) is 4.90 Å². The molecule has 2 amide bonds. The zero-order chi connectivity index (χ0) is 24.2. The first kappa shape index (κ1) is 24.5. The Labute approximate surface area is 191 Å². The Morgan fingerprint density at radius 3 is 2.48 bits per heavy atom. The molecule has 1 aliphatic rings. The van der Waals surface area contributed by atoms with Gasteiger partial charge in [0, 0.05) is 23.7 Å². The van der Waals surface area contributed by atoms with Crippen molar-refractivity contribution in [2.45, 2.75) is 19.0 Å². The number of likely N-dealkylation sites (tertiary alicyclic amines) is 1. The maximum Gasteiger partial charge on any atom is 0.418 e. The van der Waals surface area contributed by atoms with Crippen LogP contribution in [0.25, 0.3) is 0 Å². The first-order valence-corrected chi connectivity index (χ1v) is 10.3. The lowest BCUT2D eigenvalue weighted by Gasteiger charge is -2.31. The third-order valence-corrected chi connectivity index (χ3v) is 5.27. The van der Waals surface area contributed by atoms with Gasteiger partial charge in [-0.3, -0.25) is 14.4 Å². The van der Waals surface area contributed by atoms with Crippen LogP contribution in [-0.2, 0) is 20.5 Å². The van der Waals surface area contributed by atoms with Gasteiger partial charge in [-0.1, -0.05) is 11.6 Å². The molecule has 176 valence electrons. The second-order valence-corrected chi connectivity index (χ2v) is 7.88. The third kappa shape index (κ3) is 6.44. The number of benzene rings is 2. The van der Waals surface area contributed by atoms with Crippen molar-refractivity contribution in [3.8, 4) is 0 Å². The number of halogens is 5. The van der Waals surface area contributed by atoms with E-state index in [1.165, 1.54) is 23.1 Å². The molecule has 33 heavy (non-hydrogen) atoms. The molecule has 1 saturated heterocycles. The molecular weight excluding hydrogens is 468 g/mol. The molecule has 11 heteroatoms. The molecule has 1 atom stereocenters. The van der Waals surface area contributed by atoms with Crippen molar-refractivity contribution in [2.75, 3.05) is 25.0 Å². The fraction of sp³-hybridized carbons (Fsp3) is 0.318. The van der Waals surface area contributed by atoms with Gasteiger partial charge in [-0.15, -0.1) is 0 Å². The molecule has 0 bridgehead atoms. The zero-order valence-electron chi connectivity index (χ0n) is 17.1. The van der Waals surface area contributed by atoms with Crippen LogP contribution >= 0.6 is 11.6 Å². The van der Waals surface area contributed by atoms with Crippen LogP contribution in [0.5, 0.6) is 0 Å². The highest BCUT2D eigenvalue weighted by atomic mass is 35.5. The summed E-state index contributed by atoms with van der Waals surface area (Å²) in [5, 5.41) is 1.92. The van der Waals surface area contributed by atoms with Crippen molar-refractivity contribution < 1.29 is 36.7 Å². The van der Waals surface area contributed by atoms with E-state index in [1.54, 1.807) is 0 Å². The van der Waals surface area contributed by atoms with Gasteiger partial charge in [0.1, 0.15) is 5.82 Å². The van der Waals surface area contributed by atoms with Gasteiger partial charge in [0.25, 0.3) is 11.8 Å². The van der Waals surface area contributed by atoms with E-state index in [9.17, 15) is 31.9 Å². The van der Waals surface area contributed by atoms with Crippen molar-refractivity contribution in [1.29, 1.82) is 0 Å². The molecule has 1 fully saturated rings. The molecule has 3 rings (SSSR count). The van der Waals surface area contributed by atoms with E-state index in [1.807, 2.05) is 0 Å². The molecule has 0 radical (unpaired) electrons. The fourth-order valence-electron chi connectivity index (χ4n) is 3.43. The molecule has 1 unspecified atom stereocenters. The van der Waals surface area contributed by atoms with Gasteiger partial charge in [-0.05, 0) is 55.3 Å². The van der Waals surface area contributed by atoms with Crippen LogP contribution in [-0.4, -0.2) is 42.4 Å². The number of hydrogen-bond donors (Lipinski definition) is 1. The van der Waals surface area contributed by atoms with E-state index < -0.39 is 47.6 Å². The third-order valence-electron chi connectivity index (χ3n) is 5.04. The van der Waals surface area contributed by atoms with Crippen molar-refractivity contribution in [2.24, 2.45) is 5.92 Å². The predicted octanol–water partition coefficient (Wildman–Crippen LogP) is 4.53. The number of piperidine rings is 1. The monoisotopic (exact) mass is 486 g/mol. The number of hydrogen-bond acceptors (Lipinski definition) is 4. The lowest BCUT2D eigenvalue weighted by Crippen LogP contribution is -2.43. The number of ether oxygens (including phenoxy) is 1. The summed E-state index contributed by atoms with van der Waals surface area (Å²) in [6, 6.07) is 7.88. The molecule has 6 nitrogen and oxygen atoms in total. The summed E-state index contributed by atoms with van der Waals surface area (Å²) >= 11 is 5.60. The molecule has 1 heterocycles. The second-order valence-electron chi connectivity index (χ2n) is 7.44. The molecule has 2 aromatic rings. The number of alkyl halides is 3. The molecule has 0 aromatic heterocycles. The fourth-order valence-corrected chi connectivity index (χ4v) is 3.60. The van der Waals surface area contributed by atoms with E-state index >= 15 is 0 Å². The van der Waals surface area contributed by atoms with Crippen LogP contribution in [0.3, 0.4) is 0 Å². The molecular formula is C22H19ClF4N2O4. The number of esters is 1. The van der Waals surface area contributed by atoms with Crippen molar-refractivity contribution >= 4 is 35.1 Å². The van der Waals surface area contributed by atoms with Crippen LogP contribution < -0.4 is 5.32 Å². The molecule has 0 aliphatic carbocycles. The normalized spacial score (nSPS) is 16.3. The Morgan fingerprint density at radius 1 is 1.12 bits per heavy atom. The highest BCUT2D eigenvalue weighted by Crippen LogP contribution is 2.36. The Hall–Kier alpha value is -3.14. The largest absolute Gasteiger partial charge is 0.455 e. The van der Waals surface area contributed by atoms with E-state index in [4.69, 9.17) is 16.3 Å². The highest BCUT2D eigenvalue weighted by molar-refractivity contribution is 6.30. The number of amides is 2.